The lowest BCUT2D eigenvalue weighted by Gasteiger charge is -2.27. The fraction of sp³-hybridized carbons (Fsp3) is 0.640. The van der Waals surface area contributed by atoms with Crippen LogP contribution < -0.4 is 11.1 Å². The molecule has 1 N–H and O–H groups in total. The molecule has 5 amide bonds. The van der Waals surface area contributed by atoms with Gasteiger partial charge in [0, 0.05) is 46.4 Å². The highest BCUT2D eigenvalue weighted by Crippen LogP contribution is 2.15. The highest BCUT2D eigenvalue weighted by molar-refractivity contribution is 7.98. The van der Waals surface area contributed by atoms with Crippen LogP contribution in [0.5, 0.6) is 0 Å². The van der Waals surface area contributed by atoms with Crippen LogP contribution in [0.15, 0.2) is 13.6 Å². The number of unbranched alkanes of at least 4 members (excludes halogenated alkanes) is 2. The van der Waals surface area contributed by atoms with Gasteiger partial charge in [0.15, 0.2) is 18.1 Å². The summed E-state index contributed by atoms with van der Waals surface area (Å²) in [7, 11) is 2.80. The first kappa shape index (κ1) is 33.4. The highest BCUT2D eigenvalue weighted by atomic mass is 32.2. The number of imide groups is 1. The van der Waals surface area contributed by atoms with Gasteiger partial charge in [-0.1, -0.05) is 6.42 Å². The SMILES string of the molecule is CSCCCCCC(=O)N(C)[C@@H](CC(=O)ON1C(=O)CCC1=O)C(=O)NCCN(C)C(=O)OCc1oc(=O)oc1C. The first-order valence-electron chi connectivity index (χ1n) is 13.0. The summed E-state index contributed by atoms with van der Waals surface area (Å²) in [5.41, 5.74) is 0. The minimum atomic E-state index is -1.29. The Morgan fingerprint density at radius 2 is 1.73 bits per heavy atom. The molecule has 0 radical (unpaired) electrons. The molecule has 1 aromatic rings. The van der Waals surface area contributed by atoms with Gasteiger partial charge in [-0.2, -0.15) is 11.8 Å². The van der Waals surface area contributed by atoms with E-state index in [-0.39, 0.29) is 56.4 Å². The van der Waals surface area contributed by atoms with Gasteiger partial charge in [-0.15, -0.1) is 5.06 Å². The normalized spacial score (nSPS) is 13.6. The quantitative estimate of drug-likeness (QED) is 0.210. The molecule has 0 aliphatic carbocycles. The zero-order chi connectivity index (χ0) is 30.5. The van der Waals surface area contributed by atoms with E-state index in [2.05, 4.69) is 5.32 Å². The van der Waals surface area contributed by atoms with Gasteiger partial charge in [-0.05, 0) is 31.8 Å². The Hall–Kier alpha value is -3.82. The molecular weight excluding hydrogens is 564 g/mol. The van der Waals surface area contributed by atoms with E-state index in [9.17, 15) is 33.6 Å². The Labute approximate surface area is 240 Å². The second kappa shape index (κ2) is 16.4. The maximum absolute atomic E-state index is 13.1. The summed E-state index contributed by atoms with van der Waals surface area (Å²) in [6, 6.07) is -1.29. The molecule has 0 aromatic carbocycles. The molecule has 1 aliphatic heterocycles. The van der Waals surface area contributed by atoms with Crippen LogP contribution >= 0.6 is 11.8 Å². The number of thioether (sulfide) groups is 1. The number of ether oxygens (including phenoxy) is 1. The van der Waals surface area contributed by atoms with Gasteiger partial charge < -0.3 is 33.5 Å². The van der Waals surface area contributed by atoms with Gasteiger partial charge in [0.05, 0.1) is 6.42 Å². The number of nitrogens with one attached hydrogen (secondary N) is 1. The fourth-order valence-corrected chi connectivity index (χ4v) is 4.20. The van der Waals surface area contributed by atoms with Gasteiger partial charge in [-0.3, -0.25) is 19.2 Å². The van der Waals surface area contributed by atoms with E-state index in [1.54, 1.807) is 11.8 Å². The monoisotopic (exact) mass is 600 g/mol. The molecule has 0 unspecified atom stereocenters. The maximum Gasteiger partial charge on any atom is 0.519 e. The van der Waals surface area contributed by atoms with Gasteiger partial charge in [-0.25, -0.2) is 14.4 Å². The first-order chi connectivity index (χ1) is 19.4. The number of carbonyl (C=O) groups is 6. The van der Waals surface area contributed by atoms with E-state index < -0.39 is 48.1 Å². The van der Waals surface area contributed by atoms with Gasteiger partial charge >= 0.3 is 17.9 Å². The van der Waals surface area contributed by atoms with Crippen molar-refractivity contribution >= 4 is 47.5 Å². The second-order valence-corrected chi connectivity index (χ2v) is 10.3. The van der Waals surface area contributed by atoms with Crippen molar-refractivity contribution in [1.29, 1.82) is 0 Å². The van der Waals surface area contributed by atoms with Crippen molar-refractivity contribution in [2.45, 2.75) is 64.5 Å². The predicted octanol–water partition coefficient (Wildman–Crippen LogP) is 0.974. The summed E-state index contributed by atoms with van der Waals surface area (Å²) < 4.78 is 14.5. The van der Waals surface area contributed by atoms with Crippen LogP contribution in [0.2, 0.25) is 0 Å². The zero-order valence-corrected chi connectivity index (χ0v) is 24.4. The fourth-order valence-electron chi connectivity index (χ4n) is 3.71. The topological polar surface area (TPSA) is 186 Å². The third-order valence-electron chi connectivity index (χ3n) is 6.18. The van der Waals surface area contributed by atoms with Crippen molar-refractivity contribution in [2.24, 2.45) is 0 Å². The minimum Gasteiger partial charge on any atom is -0.441 e. The first-order valence-corrected chi connectivity index (χ1v) is 14.4. The molecule has 2 rings (SSSR count). The Morgan fingerprint density at radius 3 is 2.34 bits per heavy atom. The van der Waals surface area contributed by atoms with Crippen molar-refractivity contribution in [3.05, 3.63) is 22.1 Å². The largest absolute Gasteiger partial charge is 0.519 e. The standard InChI is InChI=1S/C25H36N4O11S/c1-16-18(39-25(36)38-16)15-37-24(35)27(2)12-11-26-23(34)17(28(3)19(30)8-6-5-7-13-41-4)14-22(33)40-29-20(31)9-10-21(29)32/h17H,5-15H2,1-4H3,(H,26,34)/t17-/m0/s1. The number of aryl methyl sites for hydroxylation is 1. The number of hydrogen-bond donors (Lipinski definition) is 1. The molecule has 16 heteroatoms. The van der Waals surface area contributed by atoms with Crippen LogP contribution in [0.25, 0.3) is 0 Å². The van der Waals surface area contributed by atoms with Crippen LogP contribution in [-0.2, 0) is 40.2 Å². The molecule has 2 heterocycles. The lowest BCUT2D eigenvalue weighted by Crippen LogP contribution is -2.50. The van der Waals surface area contributed by atoms with Gasteiger partial charge in [0.2, 0.25) is 11.8 Å². The van der Waals surface area contributed by atoms with E-state index in [1.165, 1.54) is 21.0 Å². The molecule has 1 aromatic heterocycles. The molecule has 15 nitrogen and oxygen atoms in total. The summed E-state index contributed by atoms with van der Waals surface area (Å²) >= 11 is 1.71. The number of amides is 5. The Bertz CT molecular complexity index is 1150. The van der Waals surface area contributed by atoms with Crippen molar-refractivity contribution < 1.29 is 47.2 Å². The Morgan fingerprint density at radius 1 is 1.05 bits per heavy atom. The molecule has 228 valence electrons. The second-order valence-electron chi connectivity index (χ2n) is 9.27. The summed E-state index contributed by atoms with van der Waals surface area (Å²) in [4.78, 5) is 92.5. The Balaban J connectivity index is 1.94. The summed E-state index contributed by atoms with van der Waals surface area (Å²) in [6.07, 6.45) is 2.99. The molecule has 0 spiro atoms. The van der Waals surface area contributed by atoms with Gasteiger partial charge in [0.1, 0.15) is 6.04 Å². The molecule has 1 fully saturated rings. The van der Waals surface area contributed by atoms with Crippen LogP contribution in [0.3, 0.4) is 0 Å². The van der Waals surface area contributed by atoms with Crippen molar-refractivity contribution in [3.63, 3.8) is 0 Å². The minimum absolute atomic E-state index is 0.0000598. The molecule has 41 heavy (non-hydrogen) atoms. The van der Waals surface area contributed by atoms with E-state index in [0.717, 1.165) is 28.4 Å². The number of carbonyl (C=O) groups excluding carboxylic acids is 6. The molecule has 0 saturated carbocycles. The lowest BCUT2D eigenvalue weighted by atomic mass is 10.1. The summed E-state index contributed by atoms with van der Waals surface area (Å²) in [6.45, 7) is 1.09. The van der Waals surface area contributed by atoms with Crippen LogP contribution in [0.4, 0.5) is 4.79 Å². The zero-order valence-electron chi connectivity index (χ0n) is 23.6. The van der Waals surface area contributed by atoms with Crippen LogP contribution in [0.1, 0.15) is 56.5 Å². The van der Waals surface area contributed by atoms with Crippen molar-refractivity contribution in [2.75, 3.05) is 39.2 Å². The number of likely N-dealkylation sites (N-methyl/N-ethyl adjacent to an activating group) is 2. The average Bonchev–Trinajstić information content (AvgIpc) is 3.43. The smallest absolute Gasteiger partial charge is 0.441 e. The third-order valence-corrected chi connectivity index (χ3v) is 6.88. The van der Waals surface area contributed by atoms with E-state index in [4.69, 9.17) is 18.4 Å². The number of hydrogen-bond acceptors (Lipinski definition) is 12. The molecular formula is C25H36N4O11S. The maximum atomic E-state index is 13.1. The van der Waals surface area contributed by atoms with Crippen molar-refractivity contribution in [1.82, 2.24) is 20.2 Å². The van der Waals surface area contributed by atoms with E-state index >= 15 is 0 Å². The molecule has 1 atom stereocenters. The predicted molar refractivity (Wildman–Crippen MR) is 143 cm³/mol. The molecule has 1 aliphatic rings. The summed E-state index contributed by atoms with van der Waals surface area (Å²) in [5.74, 6) is -3.13. The molecule has 0 bridgehead atoms. The lowest BCUT2D eigenvalue weighted by molar-refractivity contribution is -0.198. The third kappa shape index (κ3) is 10.6. The number of rotatable bonds is 16. The Kier molecular flexibility index (Phi) is 13.4. The van der Waals surface area contributed by atoms with Crippen molar-refractivity contribution in [3.8, 4) is 0 Å². The number of hydroxylamine groups is 2. The van der Waals surface area contributed by atoms with E-state index in [1.807, 2.05) is 6.26 Å². The van der Waals surface area contributed by atoms with Crippen LogP contribution in [-0.4, -0.2) is 95.8 Å². The number of nitrogens with zero attached hydrogens (tertiary/aromatic N) is 3. The van der Waals surface area contributed by atoms with Gasteiger partial charge in [0.25, 0.3) is 11.8 Å². The highest BCUT2D eigenvalue weighted by Gasteiger charge is 2.35. The summed E-state index contributed by atoms with van der Waals surface area (Å²) in [5, 5.41) is 2.95. The molecule has 1 saturated heterocycles. The van der Waals surface area contributed by atoms with E-state index in [0.29, 0.717) is 11.5 Å². The average molecular weight is 601 g/mol. The van der Waals surface area contributed by atoms with Crippen LogP contribution in [0, 0.1) is 6.92 Å².